The van der Waals surface area contributed by atoms with Gasteiger partial charge in [-0.25, -0.2) is 9.18 Å². The van der Waals surface area contributed by atoms with E-state index in [2.05, 4.69) is 15.7 Å². The van der Waals surface area contributed by atoms with Crippen molar-refractivity contribution in [1.82, 2.24) is 9.78 Å². The summed E-state index contributed by atoms with van der Waals surface area (Å²) in [4.78, 5) is 12.0. The van der Waals surface area contributed by atoms with Gasteiger partial charge in [0.2, 0.25) is 0 Å². The summed E-state index contributed by atoms with van der Waals surface area (Å²) in [6.07, 6.45) is 6.24. The van der Waals surface area contributed by atoms with Crippen LogP contribution in [0.4, 0.5) is 20.6 Å². The standard InChI is InChI=1S/C17H21FN4O2/c1-2-12-5-6-13(8-16(12)18)20-17(23)21-14-9-19-22(10-14)11-15-4-3-7-24-15/h5-6,8-10,15H,2-4,7,11H2,1H3,(H2,20,21,23). The summed E-state index contributed by atoms with van der Waals surface area (Å²) in [5.41, 5.74) is 1.61. The first-order valence-electron chi connectivity index (χ1n) is 8.14. The normalized spacial score (nSPS) is 17.0. The fourth-order valence-electron chi connectivity index (χ4n) is 2.73. The molecule has 0 bridgehead atoms. The predicted octanol–water partition coefficient (Wildman–Crippen LogP) is 3.41. The van der Waals surface area contributed by atoms with E-state index in [1.807, 2.05) is 6.92 Å². The lowest BCUT2D eigenvalue weighted by Crippen LogP contribution is -2.19. The first-order valence-corrected chi connectivity index (χ1v) is 8.14. The van der Waals surface area contributed by atoms with Crippen LogP contribution in [0.25, 0.3) is 0 Å². The number of nitrogens with zero attached hydrogens (tertiary/aromatic N) is 2. The molecular formula is C17H21FN4O2. The first kappa shape index (κ1) is 16.4. The zero-order chi connectivity index (χ0) is 16.9. The number of ether oxygens (including phenoxy) is 1. The minimum Gasteiger partial charge on any atom is -0.376 e. The maximum Gasteiger partial charge on any atom is 0.323 e. The maximum atomic E-state index is 13.7. The average molecular weight is 332 g/mol. The Balaban J connectivity index is 1.54. The number of nitrogens with one attached hydrogen (secondary N) is 2. The van der Waals surface area contributed by atoms with E-state index in [-0.39, 0.29) is 11.9 Å². The van der Waals surface area contributed by atoms with Crippen LogP contribution < -0.4 is 10.6 Å². The van der Waals surface area contributed by atoms with Crippen LogP contribution in [0.1, 0.15) is 25.3 Å². The highest BCUT2D eigenvalue weighted by atomic mass is 19.1. The van der Waals surface area contributed by atoms with Crippen molar-refractivity contribution in [3.8, 4) is 0 Å². The molecule has 2 N–H and O–H groups in total. The van der Waals surface area contributed by atoms with Crippen LogP contribution in [-0.2, 0) is 17.7 Å². The summed E-state index contributed by atoms with van der Waals surface area (Å²) >= 11 is 0. The Kier molecular flexibility index (Phi) is 5.10. The number of hydrogen-bond acceptors (Lipinski definition) is 3. The zero-order valence-electron chi connectivity index (χ0n) is 13.6. The Labute approximate surface area is 140 Å². The number of aryl methyl sites for hydroxylation is 1. The van der Waals surface area contributed by atoms with Gasteiger partial charge in [0.25, 0.3) is 0 Å². The first-order chi connectivity index (χ1) is 11.6. The van der Waals surface area contributed by atoms with E-state index in [1.165, 1.54) is 6.07 Å². The fourth-order valence-corrected chi connectivity index (χ4v) is 2.73. The molecule has 1 unspecified atom stereocenters. The summed E-state index contributed by atoms with van der Waals surface area (Å²) in [5.74, 6) is -0.320. The van der Waals surface area contributed by atoms with Gasteiger partial charge in [0.05, 0.1) is 24.5 Å². The molecule has 128 valence electrons. The lowest BCUT2D eigenvalue weighted by atomic mass is 10.1. The van der Waals surface area contributed by atoms with Crippen molar-refractivity contribution in [3.63, 3.8) is 0 Å². The third kappa shape index (κ3) is 4.11. The van der Waals surface area contributed by atoms with E-state index in [9.17, 15) is 9.18 Å². The minimum atomic E-state index is -0.435. The molecule has 24 heavy (non-hydrogen) atoms. The van der Waals surface area contributed by atoms with Gasteiger partial charge >= 0.3 is 6.03 Å². The van der Waals surface area contributed by atoms with E-state index in [1.54, 1.807) is 29.2 Å². The number of carbonyl (C=O) groups is 1. The topological polar surface area (TPSA) is 68.2 Å². The van der Waals surface area contributed by atoms with E-state index in [0.717, 1.165) is 19.4 Å². The van der Waals surface area contributed by atoms with Gasteiger partial charge in [-0.2, -0.15) is 5.10 Å². The lowest BCUT2D eigenvalue weighted by molar-refractivity contribution is 0.0940. The largest absolute Gasteiger partial charge is 0.376 e. The third-order valence-corrected chi connectivity index (χ3v) is 4.00. The number of urea groups is 1. The highest BCUT2D eigenvalue weighted by Gasteiger charge is 2.16. The van der Waals surface area contributed by atoms with Gasteiger partial charge in [-0.05, 0) is 37.0 Å². The van der Waals surface area contributed by atoms with Crippen molar-refractivity contribution in [3.05, 3.63) is 42.0 Å². The Hall–Kier alpha value is -2.41. The number of benzene rings is 1. The molecule has 2 heterocycles. The molecule has 2 amide bonds. The molecule has 1 saturated heterocycles. The molecule has 2 aromatic rings. The molecule has 3 rings (SSSR count). The number of hydrogen-bond donors (Lipinski definition) is 2. The molecule has 1 aromatic carbocycles. The average Bonchev–Trinajstić information content (AvgIpc) is 3.20. The van der Waals surface area contributed by atoms with Crippen LogP contribution in [0.15, 0.2) is 30.6 Å². The molecular weight excluding hydrogens is 311 g/mol. The number of rotatable bonds is 5. The summed E-state index contributed by atoms with van der Waals surface area (Å²) in [7, 11) is 0. The second kappa shape index (κ2) is 7.44. The van der Waals surface area contributed by atoms with E-state index >= 15 is 0 Å². The number of anilines is 2. The van der Waals surface area contributed by atoms with Crippen LogP contribution in [0.2, 0.25) is 0 Å². The second-order valence-electron chi connectivity index (χ2n) is 5.82. The molecule has 1 aliphatic heterocycles. The molecule has 7 heteroatoms. The fraction of sp³-hybridized carbons (Fsp3) is 0.412. The minimum absolute atomic E-state index is 0.187. The molecule has 0 saturated carbocycles. The SMILES string of the molecule is CCc1ccc(NC(=O)Nc2cnn(CC3CCCO3)c2)cc1F. The van der Waals surface area contributed by atoms with Crippen molar-refractivity contribution in [2.75, 3.05) is 17.2 Å². The number of amides is 2. The highest BCUT2D eigenvalue weighted by molar-refractivity contribution is 5.99. The van der Waals surface area contributed by atoms with Gasteiger partial charge in [-0.15, -0.1) is 0 Å². The maximum absolute atomic E-state index is 13.7. The van der Waals surface area contributed by atoms with Gasteiger partial charge < -0.3 is 15.4 Å². The molecule has 1 aromatic heterocycles. The number of aromatic nitrogens is 2. The lowest BCUT2D eigenvalue weighted by Gasteiger charge is -2.09. The molecule has 0 radical (unpaired) electrons. The Bertz CT molecular complexity index is 710. The Morgan fingerprint density at radius 1 is 1.42 bits per heavy atom. The van der Waals surface area contributed by atoms with Crippen LogP contribution in [0, 0.1) is 5.82 Å². The van der Waals surface area contributed by atoms with E-state index in [0.29, 0.717) is 29.9 Å². The molecule has 1 fully saturated rings. The van der Waals surface area contributed by atoms with Crippen LogP contribution in [0.5, 0.6) is 0 Å². The summed E-state index contributed by atoms with van der Waals surface area (Å²) in [6.45, 7) is 3.35. The predicted molar refractivity (Wildman–Crippen MR) is 89.6 cm³/mol. The quantitative estimate of drug-likeness (QED) is 0.882. The summed E-state index contributed by atoms with van der Waals surface area (Å²) in [5, 5.41) is 9.51. The van der Waals surface area contributed by atoms with Crippen molar-refractivity contribution in [2.24, 2.45) is 0 Å². The summed E-state index contributed by atoms with van der Waals surface area (Å²) < 4.78 is 21.0. The molecule has 0 spiro atoms. The Morgan fingerprint density at radius 2 is 2.25 bits per heavy atom. The van der Waals surface area contributed by atoms with Gasteiger partial charge in [0.1, 0.15) is 5.82 Å². The van der Waals surface area contributed by atoms with Crippen LogP contribution in [0.3, 0.4) is 0 Å². The van der Waals surface area contributed by atoms with Gasteiger partial charge in [-0.1, -0.05) is 13.0 Å². The van der Waals surface area contributed by atoms with Gasteiger partial charge in [-0.3, -0.25) is 4.68 Å². The molecule has 1 atom stereocenters. The monoisotopic (exact) mass is 332 g/mol. The van der Waals surface area contributed by atoms with Crippen LogP contribution >= 0.6 is 0 Å². The zero-order valence-corrected chi connectivity index (χ0v) is 13.6. The molecule has 0 aliphatic carbocycles. The summed E-state index contributed by atoms with van der Waals surface area (Å²) in [6, 6.07) is 4.24. The van der Waals surface area contributed by atoms with Crippen molar-refractivity contribution in [2.45, 2.75) is 38.8 Å². The van der Waals surface area contributed by atoms with E-state index < -0.39 is 6.03 Å². The number of halogens is 1. The highest BCUT2D eigenvalue weighted by Crippen LogP contribution is 2.17. The second-order valence-corrected chi connectivity index (χ2v) is 5.82. The van der Waals surface area contributed by atoms with Gasteiger partial charge in [0, 0.05) is 18.5 Å². The van der Waals surface area contributed by atoms with Gasteiger partial charge in [0.15, 0.2) is 0 Å². The molecule has 6 nitrogen and oxygen atoms in total. The van der Waals surface area contributed by atoms with Crippen molar-refractivity contribution in [1.29, 1.82) is 0 Å². The smallest absolute Gasteiger partial charge is 0.323 e. The van der Waals surface area contributed by atoms with Crippen molar-refractivity contribution < 1.29 is 13.9 Å². The van der Waals surface area contributed by atoms with Crippen LogP contribution in [-0.4, -0.2) is 28.5 Å². The number of carbonyl (C=O) groups excluding carboxylic acids is 1. The molecule has 1 aliphatic rings. The Morgan fingerprint density at radius 3 is 2.96 bits per heavy atom. The third-order valence-electron chi connectivity index (χ3n) is 4.00. The van der Waals surface area contributed by atoms with E-state index in [4.69, 9.17) is 4.74 Å². The van der Waals surface area contributed by atoms with Crippen molar-refractivity contribution >= 4 is 17.4 Å².